The number of halogens is 1. The summed E-state index contributed by atoms with van der Waals surface area (Å²) in [6, 6.07) is 11.6. The number of benzene rings is 2. The first-order valence-corrected chi connectivity index (χ1v) is 12.6. The molecule has 2 aromatic carbocycles. The van der Waals surface area contributed by atoms with Crippen LogP contribution in [0.1, 0.15) is 31.9 Å². The zero-order valence-corrected chi connectivity index (χ0v) is 20.5. The van der Waals surface area contributed by atoms with Gasteiger partial charge in [-0.1, -0.05) is 43.7 Å². The molecule has 0 radical (unpaired) electrons. The predicted molar refractivity (Wildman–Crippen MR) is 128 cm³/mol. The second kappa shape index (κ2) is 11.3. The highest BCUT2D eigenvalue weighted by molar-refractivity contribution is 7.92. The number of nitrogens with zero attached hydrogens (tertiary/aromatic N) is 2. The summed E-state index contributed by atoms with van der Waals surface area (Å²) in [5.41, 5.74) is 1.99. The Hall–Kier alpha value is -2.94. The first kappa shape index (κ1) is 26.3. The lowest BCUT2D eigenvalue weighted by atomic mass is 10.1. The van der Waals surface area contributed by atoms with Crippen molar-refractivity contribution in [2.24, 2.45) is 5.92 Å². The molecule has 0 saturated carbocycles. The highest BCUT2D eigenvalue weighted by atomic mass is 32.2. The Balaban J connectivity index is 2.35. The van der Waals surface area contributed by atoms with Gasteiger partial charge in [-0.3, -0.25) is 13.9 Å². The van der Waals surface area contributed by atoms with E-state index in [1.165, 1.54) is 17.0 Å². The summed E-state index contributed by atoms with van der Waals surface area (Å²) in [4.78, 5) is 27.5. The number of hydrogen-bond acceptors (Lipinski definition) is 4. The van der Waals surface area contributed by atoms with Crippen molar-refractivity contribution in [1.82, 2.24) is 10.2 Å². The molecule has 33 heavy (non-hydrogen) atoms. The Kier molecular flexibility index (Phi) is 8.99. The number of rotatable bonds is 10. The lowest BCUT2D eigenvalue weighted by Gasteiger charge is -2.31. The number of anilines is 1. The lowest BCUT2D eigenvalue weighted by molar-refractivity contribution is -0.139. The van der Waals surface area contributed by atoms with E-state index in [2.05, 4.69) is 5.32 Å². The van der Waals surface area contributed by atoms with Gasteiger partial charge in [-0.2, -0.15) is 0 Å². The van der Waals surface area contributed by atoms with Gasteiger partial charge in [-0.25, -0.2) is 12.8 Å². The van der Waals surface area contributed by atoms with Crippen molar-refractivity contribution in [3.05, 3.63) is 65.5 Å². The van der Waals surface area contributed by atoms with E-state index in [4.69, 9.17) is 0 Å². The van der Waals surface area contributed by atoms with Crippen LogP contribution in [0.4, 0.5) is 10.1 Å². The van der Waals surface area contributed by atoms with Crippen molar-refractivity contribution in [2.45, 2.75) is 40.3 Å². The fraction of sp³-hybridized carbons (Fsp3) is 0.417. The monoisotopic (exact) mass is 477 g/mol. The van der Waals surface area contributed by atoms with E-state index >= 15 is 0 Å². The lowest BCUT2D eigenvalue weighted by Crippen LogP contribution is -2.51. The molecule has 2 aromatic rings. The van der Waals surface area contributed by atoms with Gasteiger partial charge in [0.15, 0.2) is 0 Å². The molecule has 0 spiro atoms. The number of nitrogens with one attached hydrogen (secondary N) is 1. The zero-order chi connectivity index (χ0) is 24.8. The molecule has 2 rings (SSSR count). The second-order valence-corrected chi connectivity index (χ2v) is 10.5. The van der Waals surface area contributed by atoms with Crippen LogP contribution in [0.5, 0.6) is 0 Å². The van der Waals surface area contributed by atoms with Crippen molar-refractivity contribution < 1.29 is 22.4 Å². The maximum Gasteiger partial charge on any atom is 0.244 e. The first-order valence-electron chi connectivity index (χ1n) is 10.7. The van der Waals surface area contributed by atoms with Crippen LogP contribution in [0.15, 0.2) is 48.5 Å². The number of carbonyl (C=O) groups excluding carboxylic acids is 2. The van der Waals surface area contributed by atoms with Gasteiger partial charge in [-0.05, 0) is 49.6 Å². The molecule has 7 nitrogen and oxygen atoms in total. The van der Waals surface area contributed by atoms with E-state index in [-0.39, 0.29) is 24.1 Å². The summed E-state index contributed by atoms with van der Waals surface area (Å²) in [7, 11) is -3.84. The standard InChI is InChI=1S/C24H32FN3O4S/c1-17(2)14-26-24(30)19(4)27(15-20-8-6-7-18(3)13-20)23(29)16-28(33(5,31)32)22-11-9-21(25)10-12-22/h6-13,17,19H,14-16H2,1-5H3,(H,26,30)/t19-/m0/s1. The third-order valence-corrected chi connectivity index (χ3v) is 6.22. The van der Waals surface area contributed by atoms with Crippen molar-refractivity contribution in [3.63, 3.8) is 0 Å². The average Bonchev–Trinajstić information content (AvgIpc) is 2.73. The van der Waals surface area contributed by atoms with Crippen molar-refractivity contribution in [3.8, 4) is 0 Å². The predicted octanol–water partition coefficient (Wildman–Crippen LogP) is 3.09. The number of hydrogen-bond donors (Lipinski definition) is 1. The van der Waals surface area contributed by atoms with Gasteiger partial charge in [0.05, 0.1) is 11.9 Å². The molecular formula is C24H32FN3O4S. The Bertz CT molecular complexity index is 1070. The van der Waals surface area contributed by atoms with Gasteiger partial charge in [0.25, 0.3) is 0 Å². The highest BCUT2D eigenvalue weighted by Gasteiger charge is 2.30. The van der Waals surface area contributed by atoms with Crippen LogP contribution in [-0.2, 0) is 26.2 Å². The molecule has 0 heterocycles. The van der Waals surface area contributed by atoms with Crippen molar-refractivity contribution >= 4 is 27.5 Å². The molecule has 1 N–H and O–H groups in total. The average molecular weight is 478 g/mol. The van der Waals surface area contributed by atoms with Crippen molar-refractivity contribution in [2.75, 3.05) is 23.7 Å². The number of amides is 2. The van der Waals surface area contributed by atoms with Crippen LogP contribution >= 0.6 is 0 Å². The molecular weight excluding hydrogens is 445 g/mol. The molecule has 0 fully saturated rings. The topological polar surface area (TPSA) is 86.8 Å². The van der Waals surface area contributed by atoms with Crippen LogP contribution in [0.25, 0.3) is 0 Å². The Labute approximate surface area is 195 Å². The largest absolute Gasteiger partial charge is 0.354 e. The van der Waals surface area contributed by atoms with E-state index in [0.29, 0.717) is 6.54 Å². The molecule has 0 aliphatic carbocycles. The molecule has 0 aliphatic heterocycles. The van der Waals surface area contributed by atoms with Crippen LogP contribution in [-0.4, -0.2) is 50.5 Å². The Morgan fingerprint density at radius 1 is 1.06 bits per heavy atom. The Morgan fingerprint density at radius 2 is 1.70 bits per heavy atom. The van der Waals surface area contributed by atoms with Crippen LogP contribution in [0.3, 0.4) is 0 Å². The SMILES string of the molecule is Cc1cccc(CN(C(=O)CN(c2ccc(F)cc2)S(C)(=O)=O)[C@@H](C)C(=O)NCC(C)C)c1. The number of carbonyl (C=O) groups is 2. The summed E-state index contributed by atoms with van der Waals surface area (Å²) < 4.78 is 39.1. The summed E-state index contributed by atoms with van der Waals surface area (Å²) in [6.45, 7) is 7.55. The molecule has 0 aliphatic rings. The van der Waals surface area contributed by atoms with Gasteiger partial charge in [0, 0.05) is 13.1 Å². The van der Waals surface area contributed by atoms with E-state index in [9.17, 15) is 22.4 Å². The summed E-state index contributed by atoms with van der Waals surface area (Å²) in [5, 5.41) is 2.83. The maximum absolute atomic E-state index is 13.4. The van der Waals surface area contributed by atoms with Crippen LogP contribution < -0.4 is 9.62 Å². The second-order valence-electron chi connectivity index (χ2n) is 8.57. The molecule has 1 atom stereocenters. The van der Waals surface area contributed by atoms with Gasteiger partial charge in [0.1, 0.15) is 18.4 Å². The normalized spacial score (nSPS) is 12.3. The van der Waals surface area contributed by atoms with E-state index in [1.807, 2.05) is 45.0 Å². The summed E-state index contributed by atoms with van der Waals surface area (Å²) in [5.74, 6) is -1.15. The third kappa shape index (κ3) is 7.85. The smallest absolute Gasteiger partial charge is 0.244 e. The quantitative estimate of drug-likeness (QED) is 0.570. The minimum Gasteiger partial charge on any atom is -0.354 e. The molecule has 180 valence electrons. The van der Waals surface area contributed by atoms with E-state index in [1.54, 1.807) is 6.92 Å². The van der Waals surface area contributed by atoms with Crippen LogP contribution in [0, 0.1) is 18.7 Å². The zero-order valence-electron chi connectivity index (χ0n) is 19.7. The summed E-state index contributed by atoms with van der Waals surface area (Å²) >= 11 is 0. The van der Waals surface area contributed by atoms with Gasteiger partial charge in [0.2, 0.25) is 21.8 Å². The fourth-order valence-corrected chi connectivity index (χ4v) is 4.11. The minimum atomic E-state index is -3.84. The number of sulfonamides is 1. The molecule has 0 bridgehead atoms. The highest BCUT2D eigenvalue weighted by Crippen LogP contribution is 2.19. The molecule has 9 heteroatoms. The molecule has 2 amide bonds. The van der Waals surface area contributed by atoms with E-state index < -0.39 is 34.3 Å². The van der Waals surface area contributed by atoms with Gasteiger partial charge in [-0.15, -0.1) is 0 Å². The molecule has 0 unspecified atom stereocenters. The minimum absolute atomic E-state index is 0.137. The summed E-state index contributed by atoms with van der Waals surface area (Å²) in [6.07, 6.45) is 0.979. The van der Waals surface area contributed by atoms with Crippen molar-refractivity contribution in [1.29, 1.82) is 0 Å². The Morgan fingerprint density at radius 3 is 2.24 bits per heavy atom. The number of aryl methyl sites for hydroxylation is 1. The molecule has 0 aromatic heterocycles. The van der Waals surface area contributed by atoms with Gasteiger partial charge >= 0.3 is 0 Å². The third-order valence-electron chi connectivity index (χ3n) is 5.08. The van der Waals surface area contributed by atoms with E-state index in [0.717, 1.165) is 33.8 Å². The van der Waals surface area contributed by atoms with Crippen LogP contribution in [0.2, 0.25) is 0 Å². The maximum atomic E-state index is 13.4. The molecule has 0 saturated heterocycles. The fourth-order valence-electron chi connectivity index (χ4n) is 3.26. The van der Waals surface area contributed by atoms with Gasteiger partial charge < -0.3 is 10.2 Å². The first-order chi connectivity index (χ1) is 15.4.